The molecule has 1 aromatic carbocycles. The number of hydrogen-bond donors (Lipinski definition) is 1. The van der Waals surface area contributed by atoms with Crippen LogP contribution in [0.25, 0.3) is 22.1 Å². The fourth-order valence-corrected chi connectivity index (χ4v) is 4.75. The van der Waals surface area contributed by atoms with E-state index in [0.717, 1.165) is 40.6 Å². The summed E-state index contributed by atoms with van der Waals surface area (Å²) in [5.41, 5.74) is 7.74. The van der Waals surface area contributed by atoms with Crippen molar-refractivity contribution in [3.63, 3.8) is 0 Å². The number of benzene rings is 1. The van der Waals surface area contributed by atoms with Gasteiger partial charge < -0.3 is 10.6 Å². The predicted molar refractivity (Wildman–Crippen MR) is 135 cm³/mol. The molecular formula is C25H28N8O2. The summed E-state index contributed by atoms with van der Waals surface area (Å²) in [6, 6.07) is 7.85. The summed E-state index contributed by atoms with van der Waals surface area (Å²) in [6.07, 6.45) is 1.86. The van der Waals surface area contributed by atoms with Crippen molar-refractivity contribution < 1.29 is 0 Å². The zero-order valence-corrected chi connectivity index (χ0v) is 20.2. The van der Waals surface area contributed by atoms with Crippen molar-refractivity contribution in [2.75, 3.05) is 18.0 Å². The highest BCUT2D eigenvalue weighted by molar-refractivity contribution is 5.80. The number of nitrogens with two attached hydrogens (primary N) is 1. The number of imidazole rings is 1. The maximum Gasteiger partial charge on any atom is 0.333 e. The van der Waals surface area contributed by atoms with E-state index < -0.39 is 11.2 Å². The fourth-order valence-electron chi connectivity index (χ4n) is 4.75. The van der Waals surface area contributed by atoms with Crippen LogP contribution < -0.4 is 21.9 Å². The van der Waals surface area contributed by atoms with Crippen molar-refractivity contribution in [2.24, 2.45) is 12.8 Å². The number of para-hydroxylation sites is 1. The molecule has 3 aromatic heterocycles. The second-order valence-corrected chi connectivity index (χ2v) is 8.92. The van der Waals surface area contributed by atoms with Crippen LogP contribution in [0.1, 0.15) is 31.3 Å². The fraction of sp³-hybridized carbons (Fsp3) is 0.400. The number of anilines is 1. The van der Waals surface area contributed by atoms with Gasteiger partial charge in [0.25, 0.3) is 5.56 Å². The minimum absolute atomic E-state index is 0.0106. The average Bonchev–Trinajstić information content (AvgIpc) is 3.22. The van der Waals surface area contributed by atoms with Gasteiger partial charge in [-0.3, -0.25) is 13.9 Å². The normalized spacial score (nSPS) is 16.0. The molecule has 0 saturated carbocycles. The molecule has 1 unspecified atom stereocenters. The van der Waals surface area contributed by atoms with E-state index in [1.165, 1.54) is 4.57 Å². The molecule has 0 aliphatic carbocycles. The lowest BCUT2D eigenvalue weighted by Gasteiger charge is -2.31. The minimum Gasteiger partial charge on any atom is -0.341 e. The Hall–Kier alpha value is -3.97. The molecular weight excluding hydrogens is 444 g/mol. The van der Waals surface area contributed by atoms with Gasteiger partial charge in [0.2, 0.25) is 5.95 Å². The van der Waals surface area contributed by atoms with Gasteiger partial charge in [-0.25, -0.2) is 19.3 Å². The van der Waals surface area contributed by atoms with Gasteiger partial charge in [0.1, 0.15) is 5.82 Å². The highest BCUT2D eigenvalue weighted by Crippen LogP contribution is 2.24. The van der Waals surface area contributed by atoms with Crippen LogP contribution in [0.2, 0.25) is 0 Å². The van der Waals surface area contributed by atoms with Crippen molar-refractivity contribution in [1.29, 1.82) is 0 Å². The van der Waals surface area contributed by atoms with Crippen LogP contribution in [0.15, 0.2) is 33.9 Å². The molecule has 0 amide bonds. The highest BCUT2D eigenvalue weighted by Gasteiger charge is 2.27. The highest BCUT2D eigenvalue weighted by atomic mass is 16.2. The summed E-state index contributed by atoms with van der Waals surface area (Å²) in [5.74, 6) is 6.74. The minimum atomic E-state index is -0.449. The molecule has 35 heavy (non-hydrogen) atoms. The second-order valence-electron chi connectivity index (χ2n) is 8.92. The third-order valence-electron chi connectivity index (χ3n) is 6.51. The summed E-state index contributed by atoms with van der Waals surface area (Å²) in [5, 5.41) is 0.983. The standard InChI is InChI=1S/C25H28N8O2/c1-4-5-13-32-23(34)21-22(30(3)25(32)35)29-24(31-12-8-9-17(26)14-31)33(21)15-20-27-16(2)18-10-6-7-11-19(18)28-20/h6-7,10-11,17H,8-9,12-15,26H2,1-3H3. The first-order chi connectivity index (χ1) is 16.9. The van der Waals surface area contributed by atoms with Gasteiger partial charge in [0.05, 0.1) is 18.6 Å². The van der Waals surface area contributed by atoms with Gasteiger partial charge in [-0.05, 0) is 32.8 Å². The van der Waals surface area contributed by atoms with Gasteiger partial charge in [0, 0.05) is 37.3 Å². The van der Waals surface area contributed by atoms with Gasteiger partial charge in [0.15, 0.2) is 11.2 Å². The molecule has 4 heterocycles. The second kappa shape index (κ2) is 9.00. The molecule has 1 fully saturated rings. The molecule has 5 rings (SSSR count). The summed E-state index contributed by atoms with van der Waals surface area (Å²) < 4.78 is 4.38. The average molecular weight is 473 g/mol. The van der Waals surface area contributed by atoms with Crippen molar-refractivity contribution >= 4 is 28.0 Å². The Morgan fingerprint density at radius 1 is 1.14 bits per heavy atom. The molecule has 180 valence electrons. The Morgan fingerprint density at radius 3 is 2.71 bits per heavy atom. The van der Waals surface area contributed by atoms with E-state index >= 15 is 0 Å². The van der Waals surface area contributed by atoms with E-state index in [1.807, 2.05) is 35.8 Å². The zero-order valence-electron chi connectivity index (χ0n) is 20.2. The Labute approximate surface area is 202 Å². The first kappa shape index (κ1) is 22.8. The molecule has 1 saturated heterocycles. The molecule has 1 aliphatic rings. The lowest BCUT2D eigenvalue weighted by atomic mass is 10.1. The zero-order chi connectivity index (χ0) is 24.7. The van der Waals surface area contributed by atoms with Crippen molar-refractivity contribution in [2.45, 2.75) is 45.8 Å². The summed E-state index contributed by atoms with van der Waals surface area (Å²) in [6.45, 7) is 5.25. The quantitative estimate of drug-likeness (QED) is 0.443. The van der Waals surface area contributed by atoms with E-state index in [0.29, 0.717) is 29.5 Å². The number of hydrogen-bond acceptors (Lipinski definition) is 7. The van der Waals surface area contributed by atoms with Crippen molar-refractivity contribution in [1.82, 2.24) is 28.7 Å². The summed E-state index contributed by atoms with van der Waals surface area (Å²) >= 11 is 0. The van der Waals surface area contributed by atoms with Gasteiger partial charge in [-0.1, -0.05) is 24.1 Å². The van der Waals surface area contributed by atoms with E-state index in [2.05, 4.69) is 16.7 Å². The first-order valence-corrected chi connectivity index (χ1v) is 11.7. The maximum atomic E-state index is 13.6. The summed E-state index contributed by atoms with van der Waals surface area (Å²) in [4.78, 5) is 42.9. The third-order valence-corrected chi connectivity index (χ3v) is 6.51. The number of rotatable bonds is 4. The Balaban J connectivity index is 1.75. The Morgan fingerprint density at radius 2 is 1.94 bits per heavy atom. The van der Waals surface area contributed by atoms with Gasteiger partial charge >= 0.3 is 5.69 Å². The van der Waals surface area contributed by atoms with E-state index in [9.17, 15) is 9.59 Å². The number of aryl methyl sites for hydroxylation is 2. The molecule has 10 nitrogen and oxygen atoms in total. The number of aromatic nitrogens is 6. The SMILES string of the molecule is CC#CCn1c(=O)c2c(nc(N3CCCC(N)C3)n2Cc2nc(C)c3ccccc3n2)n(C)c1=O. The molecule has 4 aromatic rings. The Kier molecular flexibility index (Phi) is 5.86. The van der Waals surface area contributed by atoms with Crippen LogP contribution in [0.5, 0.6) is 0 Å². The molecule has 0 bridgehead atoms. The van der Waals surface area contributed by atoms with Crippen LogP contribution >= 0.6 is 0 Å². The maximum absolute atomic E-state index is 13.6. The number of piperidine rings is 1. The number of nitrogens with zero attached hydrogens (tertiary/aromatic N) is 7. The van der Waals surface area contributed by atoms with Crippen LogP contribution in [-0.2, 0) is 20.1 Å². The molecule has 2 N–H and O–H groups in total. The topological polar surface area (TPSA) is 117 Å². The van der Waals surface area contributed by atoms with E-state index in [1.54, 1.807) is 14.0 Å². The van der Waals surface area contributed by atoms with Crippen molar-refractivity contribution in [3.8, 4) is 11.8 Å². The van der Waals surface area contributed by atoms with Gasteiger partial charge in [-0.15, -0.1) is 5.92 Å². The lowest BCUT2D eigenvalue weighted by molar-refractivity contribution is 0.494. The molecule has 0 radical (unpaired) electrons. The van der Waals surface area contributed by atoms with E-state index in [4.69, 9.17) is 20.7 Å². The van der Waals surface area contributed by atoms with Crippen LogP contribution in [0, 0.1) is 18.8 Å². The lowest BCUT2D eigenvalue weighted by Crippen LogP contribution is -2.44. The molecule has 10 heteroatoms. The van der Waals surface area contributed by atoms with Crippen LogP contribution in [-0.4, -0.2) is 47.8 Å². The molecule has 1 aliphatic heterocycles. The number of fused-ring (bicyclic) bond motifs is 2. The van der Waals surface area contributed by atoms with E-state index in [-0.39, 0.29) is 19.1 Å². The predicted octanol–water partition coefficient (Wildman–Crippen LogP) is 1.15. The third kappa shape index (κ3) is 3.98. The molecule has 0 spiro atoms. The smallest absolute Gasteiger partial charge is 0.333 e. The largest absolute Gasteiger partial charge is 0.341 e. The van der Waals surface area contributed by atoms with Crippen molar-refractivity contribution in [3.05, 3.63) is 56.6 Å². The van der Waals surface area contributed by atoms with Crippen LogP contribution in [0.3, 0.4) is 0 Å². The van der Waals surface area contributed by atoms with Crippen LogP contribution in [0.4, 0.5) is 5.95 Å². The Bertz CT molecular complexity index is 1620. The van der Waals surface area contributed by atoms with Gasteiger partial charge in [-0.2, -0.15) is 4.98 Å². The first-order valence-electron chi connectivity index (χ1n) is 11.7. The molecule has 1 atom stereocenters. The monoisotopic (exact) mass is 472 g/mol. The summed E-state index contributed by atoms with van der Waals surface area (Å²) in [7, 11) is 1.62.